The number of rotatable bonds is 3. The summed E-state index contributed by atoms with van der Waals surface area (Å²) in [4.78, 5) is 11.6. The Labute approximate surface area is 118 Å². The van der Waals surface area contributed by atoms with Gasteiger partial charge < -0.3 is 9.94 Å². The Morgan fingerprint density at radius 1 is 1.47 bits per heavy atom. The third-order valence-corrected chi connectivity index (χ3v) is 2.39. The molecule has 0 aliphatic rings. The van der Waals surface area contributed by atoms with Crippen LogP contribution in [-0.4, -0.2) is 29.0 Å². The van der Waals surface area contributed by atoms with Crippen LogP contribution < -0.4 is 5.32 Å². The van der Waals surface area contributed by atoms with E-state index in [1.54, 1.807) is 46.0 Å². The molecule has 1 aromatic carbocycles. The molecule has 0 unspecified atom stereocenters. The predicted octanol–water partition coefficient (Wildman–Crippen LogP) is 3.51. The van der Waals surface area contributed by atoms with Crippen molar-refractivity contribution in [2.75, 3.05) is 12.4 Å². The normalized spacial score (nSPS) is 11.5. The van der Waals surface area contributed by atoms with Crippen LogP contribution in [0.1, 0.15) is 26.3 Å². The van der Waals surface area contributed by atoms with Crippen LogP contribution in [0.5, 0.6) is 0 Å². The molecule has 0 aromatic heterocycles. The number of halogens is 1. The number of anilines is 1. The van der Waals surface area contributed by atoms with Crippen molar-refractivity contribution in [2.45, 2.75) is 32.9 Å². The molecule has 0 saturated carbocycles. The average Bonchev–Trinajstić information content (AvgIpc) is 2.18. The number of nitrogens with zero attached hydrogens (tertiary/aromatic N) is 1. The molecule has 0 aliphatic carbocycles. The molecule has 6 heteroatoms. The Morgan fingerprint density at radius 2 is 2.11 bits per heavy atom. The lowest BCUT2D eigenvalue weighted by molar-refractivity contribution is -0.0731. The van der Waals surface area contributed by atoms with E-state index in [-0.39, 0.29) is 0 Å². The number of carbonyl (C=O) groups is 1. The van der Waals surface area contributed by atoms with E-state index >= 15 is 0 Å². The monoisotopic (exact) mass is 286 g/mol. The van der Waals surface area contributed by atoms with Crippen molar-refractivity contribution in [3.05, 3.63) is 28.8 Å². The number of nitrogens with one attached hydrogen (secondary N) is 1. The van der Waals surface area contributed by atoms with Crippen molar-refractivity contribution in [2.24, 2.45) is 0 Å². The maximum Gasteiger partial charge on any atom is 0.412 e. The molecule has 1 rings (SSSR count). The van der Waals surface area contributed by atoms with E-state index in [1.165, 1.54) is 0 Å². The molecule has 0 bridgehead atoms. The molecule has 0 radical (unpaired) electrons. The van der Waals surface area contributed by atoms with Crippen LogP contribution >= 0.6 is 11.6 Å². The summed E-state index contributed by atoms with van der Waals surface area (Å²) in [5.74, 6) is 0. The first-order valence-corrected chi connectivity index (χ1v) is 6.23. The highest BCUT2D eigenvalue weighted by molar-refractivity contribution is 6.33. The van der Waals surface area contributed by atoms with Gasteiger partial charge in [-0.25, -0.2) is 4.79 Å². The Morgan fingerprint density at radius 3 is 2.58 bits per heavy atom. The van der Waals surface area contributed by atoms with E-state index < -0.39 is 11.7 Å². The predicted molar refractivity (Wildman–Crippen MR) is 74.6 cm³/mol. The third-order valence-electron chi connectivity index (χ3n) is 2.08. The summed E-state index contributed by atoms with van der Waals surface area (Å²) in [6.45, 7) is 5.71. The third kappa shape index (κ3) is 5.92. The van der Waals surface area contributed by atoms with Crippen LogP contribution in [0.3, 0.4) is 0 Å². The van der Waals surface area contributed by atoms with Crippen LogP contribution in [0.2, 0.25) is 5.02 Å². The second-order valence-corrected chi connectivity index (χ2v) is 5.66. The summed E-state index contributed by atoms with van der Waals surface area (Å²) < 4.78 is 5.13. The van der Waals surface area contributed by atoms with Gasteiger partial charge in [0.25, 0.3) is 0 Å². The maximum atomic E-state index is 11.6. The first-order chi connectivity index (χ1) is 8.67. The van der Waals surface area contributed by atoms with Crippen LogP contribution in [-0.2, 0) is 11.3 Å². The molecular weight excluding hydrogens is 268 g/mol. The molecule has 1 amide bonds. The number of carbonyl (C=O) groups excluding carboxylic acids is 1. The zero-order valence-corrected chi connectivity index (χ0v) is 12.3. The summed E-state index contributed by atoms with van der Waals surface area (Å²) in [6.07, 6.45) is -0.554. The van der Waals surface area contributed by atoms with Crippen molar-refractivity contribution in [3.8, 4) is 0 Å². The minimum atomic E-state index is -0.559. The van der Waals surface area contributed by atoms with Gasteiger partial charge in [0.15, 0.2) is 0 Å². The molecular formula is C13H19ClN2O3. The number of ether oxygens (including phenoxy) is 1. The highest BCUT2D eigenvalue weighted by Crippen LogP contribution is 2.24. The smallest absolute Gasteiger partial charge is 0.412 e. The van der Waals surface area contributed by atoms with Gasteiger partial charge in [-0.15, -0.1) is 0 Å². The van der Waals surface area contributed by atoms with Gasteiger partial charge in [0.2, 0.25) is 0 Å². The minimum Gasteiger partial charge on any atom is -0.444 e. The van der Waals surface area contributed by atoms with Crippen LogP contribution in [0.15, 0.2) is 18.2 Å². The molecule has 2 N–H and O–H groups in total. The van der Waals surface area contributed by atoms with Gasteiger partial charge in [0, 0.05) is 13.6 Å². The first kappa shape index (κ1) is 15.8. The van der Waals surface area contributed by atoms with E-state index in [9.17, 15) is 4.79 Å². The van der Waals surface area contributed by atoms with Crippen LogP contribution in [0.25, 0.3) is 0 Å². The van der Waals surface area contributed by atoms with Crippen molar-refractivity contribution in [3.63, 3.8) is 0 Å². The number of amides is 1. The number of hydroxylamine groups is 2. The second-order valence-electron chi connectivity index (χ2n) is 5.26. The Bertz CT molecular complexity index is 456. The lowest BCUT2D eigenvalue weighted by Gasteiger charge is -2.20. The molecule has 0 fully saturated rings. The van der Waals surface area contributed by atoms with E-state index in [0.29, 0.717) is 17.3 Å². The highest BCUT2D eigenvalue weighted by Gasteiger charge is 2.17. The fourth-order valence-electron chi connectivity index (χ4n) is 1.44. The van der Waals surface area contributed by atoms with Gasteiger partial charge in [-0.3, -0.25) is 5.32 Å². The van der Waals surface area contributed by atoms with E-state index in [2.05, 4.69) is 5.32 Å². The first-order valence-electron chi connectivity index (χ1n) is 5.86. The van der Waals surface area contributed by atoms with E-state index in [0.717, 1.165) is 10.6 Å². The molecule has 0 aliphatic heterocycles. The Kier molecular flexibility index (Phi) is 5.17. The minimum absolute atomic E-state index is 0.354. The quantitative estimate of drug-likeness (QED) is 0.835. The van der Waals surface area contributed by atoms with Gasteiger partial charge in [0.1, 0.15) is 5.60 Å². The largest absolute Gasteiger partial charge is 0.444 e. The fraction of sp³-hybridized carbons (Fsp3) is 0.462. The zero-order valence-electron chi connectivity index (χ0n) is 11.5. The number of hydrogen-bond acceptors (Lipinski definition) is 4. The maximum absolute atomic E-state index is 11.6. The zero-order chi connectivity index (χ0) is 14.6. The van der Waals surface area contributed by atoms with Gasteiger partial charge in [-0.1, -0.05) is 17.7 Å². The van der Waals surface area contributed by atoms with Gasteiger partial charge in [-0.2, -0.15) is 5.06 Å². The van der Waals surface area contributed by atoms with Crippen molar-refractivity contribution >= 4 is 23.4 Å². The standard InChI is InChI=1S/C13H19ClN2O3/c1-13(2,3)19-12(17)15-11-6-5-9(7-10(11)14)8-16(4)18/h5-7,18H,8H2,1-4H3,(H,15,17). The lowest BCUT2D eigenvalue weighted by Crippen LogP contribution is -2.27. The lowest BCUT2D eigenvalue weighted by atomic mass is 10.2. The van der Waals surface area contributed by atoms with Crippen LogP contribution in [0.4, 0.5) is 10.5 Å². The summed E-state index contributed by atoms with van der Waals surface area (Å²) in [6, 6.07) is 5.12. The molecule has 5 nitrogen and oxygen atoms in total. The van der Waals surface area contributed by atoms with Gasteiger partial charge in [-0.05, 0) is 38.5 Å². The average molecular weight is 287 g/mol. The number of hydrogen-bond donors (Lipinski definition) is 2. The van der Waals surface area contributed by atoms with E-state index in [1.807, 2.05) is 0 Å². The summed E-state index contributed by atoms with van der Waals surface area (Å²) in [5.41, 5.74) is 0.751. The van der Waals surface area contributed by atoms with E-state index in [4.69, 9.17) is 21.5 Å². The van der Waals surface area contributed by atoms with Crippen LogP contribution in [0, 0.1) is 0 Å². The highest BCUT2D eigenvalue weighted by atomic mass is 35.5. The van der Waals surface area contributed by atoms with Crippen molar-refractivity contribution < 1.29 is 14.7 Å². The second kappa shape index (κ2) is 6.23. The topological polar surface area (TPSA) is 61.8 Å². The van der Waals surface area contributed by atoms with Gasteiger partial charge >= 0.3 is 6.09 Å². The summed E-state index contributed by atoms with van der Waals surface area (Å²) >= 11 is 6.06. The Balaban J connectivity index is 2.72. The molecule has 106 valence electrons. The molecule has 0 atom stereocenters. The fourth-order valence-corrected chi connectivity index (χ4v) is 1.69. The molecule has 0 spiro atoms. The summed E-state index contributed by atoms with van der Waals surface area (Å²) in [5, 5.41) is 13.2. The Hall–Kier alpha value is -1.30. The SMILES string of the molecule is CN(O)Cc1ccc(NC(=O)OC(C)(C)C)c(Cl)c1. The summed E-state index contributed by atoms with van der Waals surface area (Å²) in [7, 11) is 1.54. The molecule has 19 heavy (non-hydrogen) atoms. The molecule has 0 heterocycles. The van der Waals surface area contributed by atoms with Gasteiger partial charge in [0.05, 0.1) is 10.7 Å². The number of benzene rings is 1. The molecule has 0 saturated heterocycles. The van der Waals surface area contributed by atoms with Crippen molar-refractivity contribution in [1.29, 1.82) is 0 Å². The van der Waals surface area contributed by atoms with Crippen molar-refractivity contribution in [1.82, 2.24) is 5.06 Å². The molecule has 1 aromatic rings.